The molecule has 0 radical (unpaired) electrons. The van der Waals surface area contributed by atoms with E-state index < -0.39 is 13.2 Å². The number of aryl methyl sites for hydroxylation is 1. The monoisotopic (exact) mass is 162 g/mol. The highest BCUT2D eigenvalue weighted by atomic mass is 19.3. The number of hydrogen-bond acceptors (Lipinski definition) is 2. The van der Waals surface area contributed by atoms with Crippen LogP contribution in [0.1, 0.15) is 18.1 Å². The summed E-state index contributed by atoms with van der Waals surface area (Å²) in [6.45, 7) is -1.49. The molecule has 0 aliphatic rings. The van der Waals surface area contributed by atoms with Gasteiger partial charge in [-0.2, -0.15) is 8.78 Å². The van der Waals surface area contributed by atoms with Crippen molar-refractivity contribution >= 4 is 0 Å². The van der Waals surface area contributed by atoms with Crippen molar-refractivity contribution < 1.29 is 13.9 Å². The SMILES string of the molecule is Cc1cn(C(F)F)c(CO)n1. The van der Waals surface area contributed by atoms with Crippen LogP contribution < -0.4 is 0 Å². The number of imidazole rings is 1. The first-order valence-corrected chi connectivity index (χ1v) is 3.08. The molecule has 1 aromatic rings. The van der Waals surface area contributed by atoms with E-state index in [1.807, 2.05) is 0 Å². The van der Waals surface area contributed by atoms with Crippen LogP contribution in [0.2, 0.25) is 0 Å². The van der Waals surface area contributed by atoms with Crippen LogP contribution in [0.15, 0.2) is 6.20 Å². The zero-order valence-corrected chi connectivity index (χ0v) is 5.96. The Bertz CT molecular complexity index is 247. The van der Waals surface area contributed by atoms with Gasteiger partial charge >= 0.3 is 6.55 Å². The van der Waals surface area contributed by atoms with Gasteiger partial charge in [-0.25, -0.2) is 4.98 Å². The number of aromatic nitrogens is 2. The van der Waals surface area contributed by atoms with Gasteiger partial charge in [0.15, 0.2) is 0 Å². The summed E-state index contributed by atoms with van der Waals surface area (Å²) in [5, 5.41) is 8.56. The first kappa shape index (κ1) is 8.13. The first-order valence-electron chi connectivity index (χ1n) is 3.08. The zero-order chi connectivity index (χ0) is 8.43. The summed E-state index contributed by atoms with van der Waals surface area (Å²) < 4.78 is 24.7. The Morgan fingerprint density at radius 2 is 2.36 bits per heavy atom. The lowest BCUT2D eigenvalue weighted by Crippen LogP contribution is -2.02. The Morgan fingerprint density at radius 1 is 1.73 bits per heavy atom. The van der Waals surface area contributed by atoms with E-state index in [1.54, 1.807) is 6.92 Å². The van der Waals surface area contributed by atoms with Crippen LogP contribution in [0.25, 0.3) is 0 Å². The topological polar surface area (TPSA) is 38.0 Å². The van der Waals surface area contributed by atoms with Gasteiger partial charge in [-0.05, 0) is 6.92 Å². The molecular weight excluding hydrogens is 154 g/mol. The molecule has 1 aromatic heterocycles. The second kappa shape index (κ2) is 2.96. The molecule has 11 heavy (non-hydrogen) atoms. The molecule has 0 aliphatic heterocycles. The zero-order valence-electron chi connectivity index (χ0n) is 5.96. The second-order valence-electron chi connectivity index (χ2n) is 2.14. The minimum Gasteiger partial charge on any atom is -0.388 e. The summed E-state index contributed by atoms with van der Waals surface area (Å²) in [5.41, 5.74) is 0.481. The Labute approximate surface area is 62.3 Å². The van der Waals surface area contributed by atoms with Crippen LogP contribution in [-0.2, 0) is 6.61 Å². The molecule has 5 heteroatoms. The molecule has 0 atom stereocenters. The molecule has 0 spiro atoms. The molecule has 0 bridgehead atoms. The molecule has 0 aliphatic carbocycles. The number of alkyl halides is 2. The minimum absolute atomic E-state index is 0.00231. The normalized spacial score (nSPS) is 11.0. The maximum atomic E-state index is 12.0. The maximum Gasteiger partial charge on any atom is 0.320 e. The van der Waals surface area contributed by atoms with E-state index in [9.17, 15) is 8.78 Å². The number of nitrogens with zero attached hydrogens (tertiary/aromatic N) is 2. The van der Waals surface area contributed by atoms with Gasteiger partial charge in [0, 0.05) is 6.20 Å². The van der Waals surface area contributed by atoms with Gasteiger partial charge in [0.05, 0.1) is 5.69 Å². The summed E-state index contributed by atoms with van der Waals surface area (Å²) in [5.74, 6) is -0.00231. The minimum atomic E-state index is -2.63. The highest BCUT2D eigenvalue weighted by Gasteiger charge is 2.11. The van der Waals surface area contributed by atoms with Crippen LogP contribution in [0.3, 0.4) is 0 Å². The van der Waals surface area contributed by atoms with Gasteiger partial charge in [-0.3, -0.25) is 4.57 Å². The predicted octanol–water partition coefficient (Wildman–Crippen LogP) is 1.08. The quantitative estimate of drug-likeness (QED) is 0.706. The lowest BCUT2D eigenvalue weighted by molar-refractivity contribution is 0.0621. The van der Waals surface area contributed by atoms with E-state index in [1.165, 1.54) is 6.20 Å². The largest absolute Gasteiger partial charge is 0.388 e. The number of rotatable bonds is 2. The van der Waals surface area contributed by atoms with Crippen LogP contribution in [-0.4, -0.2) is 14.7 Å². The highest BCUT2D eigenvalue weighted by molar-refractivity contribution is 5.01. The average molecular weight is 162 g/mol. The van der Waals surface area contributed by atoms with Gasteiger partial charge in [-0.15, -0.1) is 0 Å². The third kappa shape index (κ3) is 1.54. The molecular formula is C6H8F2N2O. The standard InChI is InChI=1S/C6H8F2N2O/c1-4-2-10(6(7)8)5(3-11)9-4/h2,6,11H,3H2,1H3. The van der Waals surface area contributed by atoms with Gasteiger partial charge in [-0.1, -0.05) is 0 Å². The van der Waals surface area contributed by atoms with Crippen molar-refractivity contribution in [3.63, 3.8) is 0 Å². The highest BCUT2D eigenvalue weighted by Crippen LogP contribution is 2.13. The summed E-state index contributed by atoms with van der Waals surface area (Å²) in [4.78, 5) is 3.68. The lowest BCUT2D eigenvalue weighted by Gasteiger charge is -2.01. The molecule has 62 valence electrons. The molecule has 0 aromatic carbocycles. The summed E-state index contributed by atoms with van der Waals surface area (Å²) in [6.07, 6.45) is 1.20. The summed E-state index contributed by atoms with van der Waals surface area (Å²) in [6, 6.07) is 0. The van der Waals surface area contributed by atoms with Crippen LogP contribution in [0.4, 0.5) is 8.78 Å². The van der Waals surface area contributed by atoms with Crippen molar-refractivity contribution in [2.45, 2.75) is 20.1 Å². The van der Waals surface area contributed by atoms with Crippen LogP contribution in [0, 0.1) is 6.92 Å². The second-order valence-corrected chi connectivity index (χ2v) is 2.14. The Hall–Kier alpha value is -0.970. The molecule has 0 amide bonds. The van der Waals surface area contributed by atoms with Crippen LogP contribution in [0.5, 0.6) is 0 Å². The molecule has 1 N–H and O–H groups in total. The van der Waals surface area contributed by atoms with Crippen molar-refractivity contribution in [1.29, 1.82) is 0 Å². The third-order valence-corrected chi connectivity index (χ3v) is 1.28. The Kier molecular flexibility index (Phi) is 2.19. The fraction of sp³-hybridized carbons (Fsp3) is 0.500. The molecule has 1 heterocycles. The molecule has 0 saturated carbocycles. The number of aliphatic hydroxyl groups excluding tert-OH is 1. The van der Waals surface area contributed by atoms with E-state index in [0.717, 1.165) is 0 Å². The van der Waals surface area contributed by atoms with E-state index in [-0.39, 0.29) is 5.82 Å². The first-order chi connectivity index (χ1) is 5.15. The number of aliphatic hydroxyl groups is 1. The third-order valence-electron chi connectivity index (χ3n) is 1.28. The van der Waals surface area contributed by atoms with Gasteiger partial charge in [0.1, 0.15) is 12.4 Å². The average Bonchev–Trinajstić information content (AvgIpc) is 2.30. The van der Waals surface area contributed by atoms with Crippen molar-refractivity contribution in [2.24, 2.45) is 0 Å². The Morgan fingerprint density at radius 3 is 2.73 bits per heavy atom. The molecule has 0 unspecified atom stereocenters. The number of halogens is 2. The Balaban J connectivity index is 3.02. The number of hydrogen-bond donors (Lipinski definition) is 1. The van der Waals surface area contributed by atoms with E-state index in [4.69, 9.17) is 5.11 Å². The van der Waals surface area contributed by atoms with E-state index in [0.29, 0.717) is 10.3 Å². The van der Waals surface area contributed by atoms with Crippen molar-refractivity contribution in [3.05, 3.63) is 17.7 Å². The maximum absolute atomic E-state index is 12.0. The van der Waals surface area contributed by atoms with Gasteiger partial charge in [0.25, 0.3) is 0 Å². The lowest BCUT2D eigenvalue weighted by atomic mass is 10.6. The van der Waals surface area contributed by atoms with Crippen molar-refractivity contribution in [3.8, 4) is 0 Å². The fourth-order valence-electron chi connectivity index (χ4n) is 0.852. The molecule has 0 fully saturated rings. The smallest absolute Gasteiger partial charge is 0.320 e. The van der Waals surface area contributed by atoms with Crippen LogP contribution >= 0.6 is 0 Å². The summed E-state index contributed by atoms with van der Waals surface area (Å²) >= 11 is 0. The molecule has 1 rings (SSSR count). The van der Waals surface area contributed by atoms with Gasteiger partial charge < -0.3 is 5.11 Å². The predicted molar refractivity (Wildman–Crippen MR) is 34.1 cm³/mol. The van der Waals surface area contributed by atoms with Crippen molar-refractivity contribution in [2.75, 3.05) is 0 Å². The fourth-order valence-corrected chi connectivity index (χ4v) is 0.852. The molecule has 3 nitrogen and oxygen atoms in total. The van der Waals surface area contributed by atoms with E-state index >= 15 is 0 Å². The molecule has 0 saturated heterocycles. The van der Waals surface area contributed by atoms with E-state index in [2.05, 4.69) is 4.98 Å². The van der Waals surface area contributed by atoms with Gasteiger partial charge in [0.2, 0.25) is 0 Å². The van der Waals surface area contributed by atoms with Crippen molar-refractivity contribution in [1.82, 2.24) is 9.55 Å². The summed E-state index contributed by atoms with van der Waals surface area (Å²) in [7, 11) is 0.